The van der Waals surface area contributed by atoms with Crippen molar-refractivity contribution in [1.29, 1.82) is 0 Å². The summed E-state index contributed by atoms with van der Waals surface area (Å²) in [5, 5.41) is 11.2. The van der Waals surface area contributed by atoms with Crippen molar-refractivity contribution < 1.29 is 14.7 Å². The molecule has 1 fully saturated rings. The van der Waals surface area contributed by atoms with Gasteiger partial charge in [0.05, 0.1) is 5.92 Å². The maximum absolute atomic E-state index is 11.2. The van der Waals surface area contributed by atoms with E-state index in [0.717, 1.165) is 6.42 Å². The van der Waals surface area contributed by atoms with Gasteiger partial charge in [-0.25, -0.2) is 4.79 Å². The third-order valence-electron chi connectivity index (χ3n) is 2.27. The van der Waals surface area contributed by atoms with Crippen LogP contribution in [0.3, 0.4) is 0 Å². The van der Waals surface area contributed by atoms with Crippen LogP contribution in [-0.2, 0) is 4.79 Å². The summed E-state index contributed by atoms with van der Waals surface area (Å²) in [4.78, 5) is 23.4. The molecule has 5 heteroatoms. The van der Waals surface area contributed by atoms with E-state index < -0.39 is 11.9 Å². The van der Waals surface area contributed by atoms with Crippen molar-refractivity contribution in [1.82, 2.24) is 10.2 Å². The van der Waals surface area contributed by atoms with Gasteiger partial charge < -0.3 is 15.3 Å². The minimum atomic E-state index is -0.811. The lowest BCUT2D eigenvalue weighted by atomic mass is 9.99. The van der Waals surface area contributed by atoms with Crippen LogP contribution in [0.15, 0.2) is 0 Å². The van der Waals surface area contributed by atoms with Gasteiger partial charge in [-0.15, -0.1) is 0 Å². The van der Waals surface area contributed by atoms with Gasteiger partial charge in [0.2, 0.25) is 0 Å². The van der Waals surface area contributed by atoms with Crippen LogP contribution in [0.4, 0.5) is 4.79 Å². The van der Waals surface area contributed by atoms with E-state index in [1.54, 1.807) is 11.9 Å². The second-order valence-electron chi connectivity index (χ2n) is 3.18. The molecule has 5 nitrogen and oxygen atoms in total. The van der Waals surface area contributed by atoms with Crippen molar-refractivity contribution >= 4 is 12.0 Å². The van der Waals surface area contributed by atoms with E-state index in [1.165, 1.54) is 0 Å². The molecule has 0 aromatic carbocycles. The van der Waals surface area contributed by atoms with Crippen molar-refractivity contribution in [2.45, 2.75) is 12.8 Å². The number of carboxylic acid groups (broad SMARTS) is 1. The SMILES string of the molecule is CNC(=O)N1CCC[C@@H](C(=O)O)C1. The molecular formula is C8H14N2O3. The lowest BCUT2D eigenvalue weighted by molar-refractivity contribution is -0.143. The summed E-state index contributed by atoms with van der Waals surface area (Å²) in [6.07, 6.45) is 1.44. The van der Waals surface area contributed by atoms with E-state index in [-0.39, 0.29) is 6.03 Å². The van der Waals surface area contributed by atoms with Gasteiger partial charge in [0.25, 0.3) is 0 Å². The van der Waals surface area contributed by atoms with Crippen molar-refractivity contribution in [3.63, 3.8) is 0 Å². The van der Waals surface area contributed by atoms with Crippen LogP contribution < -0.4 is 5.32 Å². The molecule has 13 heavy (non-hydrogen) atoms. The molecule has 0 bridgehead atoms. The molecule has 2 amide bonds. The summed E-state index contributed by atoms with van der Waals surface area (Å²) in [5.41, 5.74) is 0. The Labute approximate surface area is 76.7 Å². The molecule has 0 saturated carbocycles. The van der Waals surface area contributed by atoms with Gasteiger partial charge in [0, 0.05) is 20.1 Å². The number of carbonyl (C=O) groups is 2. The molecule has 74 valence electrons. The second-order valence-corrected chi connectivity index (χ2v) is 3.18. The van der Waals surface area contributed by atoms with Crippen LogP contribution in [-0.4, -0.2) is 42.1 Å². The summed E-state index contributed by atoms with van der Waals surface area (Å²) in [6.45, 7) is 0.985. The van der Waals surface area contributed by atoms with Crippen LogP contribution in [0, 0.1) is 5.92 Å². The van der Waals surface area contributed by atoms with Crippen molar-refractivity contribution in [2.75, 3.05) is 20.1 Å². The number of nitrogens with zero attached hydrogens (tertiary/aromatic N) is 1. The Morgan fingerprint density at radius 1 is 1.54 bits per heavy atom. The number of likely N-dealkylation sites (tertiary alicyclic amines) is 1. The van der Waals surface area contributed by atoms with Crippen LogP contribution in [0.25, 0.3) is 0 Å². The minimum absolute atomic E-state index is 0.189. The zero-order valence-electron chi connectivity index (χ0n) is 7.62. The second kappa shape index (κ2) is 4.11. The number of rotatable bonds is 1. The summed E-state index contributed by atoms with van der Waals surface area (Å²) < 4.78 is 0. The summed E-state index contributed by atoms with van der Waals surface area (Å²) in [6, 6.07) is -0.189. The third-order valence-corrected chi connectivity index (χ3v) is 2.27. The predicted octanol–water partition coefficient (Wildman–Crippen LogP) is 0.122. The highest BCUT2D eigenvalue weighted by Gasteiger charge is 2.27. The van der Waals surface area contributed by atoms with E-state index in [0.29, 0.717) is 19.5 Å². The quantitative estimate of drug-likeness (QED) is 0.611. The fourth-order valence-corrected chi connectivity index (χ4v) is 1.52. The zero-order valence-corrected chi connectivity index (χ0v) is 7.62. The smallest absolute Gasteiger partial charge is 0.317 e. The lowest BCUT2D eigenvalue weighted by Gasteiger charge is -2.30. The molecule has 0 spiro atoms. The fourth-order valence-electron chi connectivity index (χ4n) is 1.52. The first kappa shape index (κ1) is 9.83. The average Bonchev–Trinajstić information content (AvgIpc) is 2.17. The standard InChI is InChI=1S/C8H14N2O3/c1-9-8(13)10-4-2-3-6(5-10)7(11)12/h6H,2-5H2,1H3,(H,9,13)(H,11,12)/t6-/m1/s1. The Kier molecular flexibility index (Phi) is 3.11. The van der Waals surface area contributed by atoms with Crippen LogP contribution in [0.5, 0.6) is 0 Å². The number of hydrogen-bond donors (Lipinski definition) is 2. The number of nitrogens with one attached hydrogen (secondary N) is 1. The molecule has 1 aliphatic heterocycles. The van der Waals surface area contributed by atoms with Gasteiger partial charge in [-0.2, -0.15) is 0 Å². The Bertz CT molecular complexity index is 217. The minimum Gasteiger partial charge on any atom is -0.481 e. The first-order valence-corrected chi connectivity index (χ1v) is 4.34. The first-order valence-electron chi connectivity index (χ1n) is 4.34. The molecule has 0 radical (unpaired) electrons. The highest BCUT2D eigenvalue weighted by molar-refractivity contribution is 5.76. The molecule has 0 aromatic rings. The van der Waals surface area contributed by atoms with E-state index in [1.807, 2.05) is 0 Å². The normalized spacial score (nSPS) is 22.5. The Hall–Kier alpha value is -1.26. The topological polar surface area (TPSA) is 69.6 Å². The number of aliphatic carboxylic acids is 1. The van der Waals surface area contributed by atoms with Crippen LogP contribution in [0.1, 0.15) is 12.8 Å². The Balaban J connectivity index is 2.51. The number of carbonyl (C=O) groups excluding carboxylic acids is 1. The first-order chi connectivity index (χ1) is 6.15. The Morgan fingerprint density at radius 2 is 2.23 bits per heavy atom. The number of piperidine rings is 1. The molecule has 2 N–H and O–H groups in total. The Morgan fingerprint density at radius 3 is 2.77 bits per heavy atom. The highest BCUT2D eigenvalue weighted by atomic mass is 16.4. The van der Waals surface area contributed by atoms with E-state index >= 15 is 0 Å². The van der Waals surface area contributed by atoms with Crippen LogP contribution >= 0.6 is 0 Å². The maximum atomic E-state index is 11.2. The summed E-state index contributed by atoms with van der Waals surface area (Å²) in [7, 11) is 1.55. The molecular weight excluding hydrogens is 172 g/mol. The largest absolute Gasteiger partial charge is 0.481 e. The molecule has 0 unspecified atom stereocenters. The monoisotopic (exact) mass is 186 g/mol. The number of hydrogen-bond acceptors (Lipinski definition) is 2. The summed E-state index contributed by atoms with van der Waals surface area (Å²) >= 11 is 0. The van der Waals surface area contributed by atoms with Crippen molar-refractivity contribution in [3.05, 3.63) is 0 Å². The molecule has 0 aromatic heterocycles. The predicted molar refractivity (Wildman–Crippen MR) is 46.4 cm³/mol. The number of amides is 2. The average molecular weight is 186 g/mol. The van der Waals surface area contributed by atoms with Gasteiger partial charge in [0.1, 0.15) is 0 Å². The lowest BCUT2D eigenvalue weighted by Crippen LogP contribution is -2.46. The fraction of sp³-hybridized carbons (Fsp3) is 0.750. The number of urea groups is 1. The van der Waals surface area contributed by atoms with Gasteiger partial charge in [-0.1, -0.05) is 0 Å². The van der Waals surface area contributed by atoms with E-state index in [2.05, 4.69) is 5.32 Å². The van der Waals surface area contributed by atoms with E-state index in [4.69, 9.17) is 5.11 Å². The molecule has 1 heterocycles. The van der Waals surface area contributed by atoms with Gasteiger partial charge >= 0.3 is 12.0 Å². The van der Waals surface area contributed by atoms with E-state index in [9.17, 15) is 9.59 Å². The van der Waals surface area contributed by atoms with Gasteiger partial charge in [-0.05, 0) is 12.8 Å². The van der Waals surface area contributed by atoms with Crippen molar-refractivity contribution in [2.24, 2.45) is 5.92 Å². The number of carboxylic acids is 1. The molecule has 0 aliphatic carbocycles. The molecule has 1 rings (SSSR count). The van der Waals surface area contributed by atoms with Gasteiger partial charge in [0.15, 0.2) is 0 Å². The van der Waals surface area contributed by atoms with Crippen molar-refractivity contribution in [3.8, 4) is 0 Å². The summed E-state index contributed by atoms with van der Waals surface area (Å²) in [5.74, 6) is -1.21. The maximum Gasteiger partial charge on any atom is 0.317 e. The van der Waals surface area contributed by atoms with Gasteiger partial charge in [-0.3, -0.25) is 4.79 Å². The molecule has 1 aliphatic rings. The highest BCUT2D eigenvalue weighted by Crippen LogP contribution is 2.16. The molecule has 1 atom stereocenters. The molecule has 1 saturated heterocycles. The third kappa shape index (κ3) is 2.34. The zero-order chi connectivity index (χ0) is 9.84. The van der Waals surface area contributed by atoms with Crippen LogP contribution in [0.2, 0.25) is 0 Å².